The van der Waals surface area contributed by atoms with Crippen LogP contribution in [0.4, 0.5) is 5.69 Å². The molecule has 0 bridgehead atoms. The molecule has 0 radical (unpaired) electrons. The summed E-state index contributed by atoms with van der Waals surface area (Å²) in [4.78, 5) is 24.6. The average Bonchev–Trinajstić information content (AvgIpc) is 2.31. The van der Waals surface area contributed by atoms with Crippen LogP contribution < -0.4 is 11.1 Å². The van der Waals surface area contributed by atoms with Gasteiger partial charge in [-0.3, -0.25) is 14.5 Å². The van der Waals surface area contributed by atoms with Crippen molar-refractivity contribution >= 4 is 29.1 Å². The van der Waals surface area contributed by atoms with Crippen molar-refractivity contribution in [1.29, 1.82) is 0 Å². The summed E-state index contributed by atoms with van der Waals surface area (Å²) >= 11 is 6.05. The molecular formula is C14H20ClN3O2. The number of aryl methyl sites for hydroxylation is 1. The number of amides is 2. The molecule has 5 nitrogen and oxygen atoms in total. The zero-order chi connectivity index (χ0) is 15.3. The smallest absolute Gasteiger partial charge is 0.238 e. The van der Waals surface area contributed by atoms with Gasteiger partial charge in [-0.1, -0.05) is 17.7 Å². The molecule has 0 spiro atoms. The Kier molecular flexibility index (Phi) is 5.98. The third-order valence-corrected chi connectivity index (χ3v) is 3.15. The second-order valence-corrected chi connectivity index (χ2v) is 5.40. The van der Waals surface area contributed by atoms with Crippen molar-refractivity contribution in [3.05, 3.63) is 28.8 Å². The minimum absolute atomic E-state index is 0.0433. The lowest BCUT2D eigenvalue weighted by atomic mass is 10.2. The molecule has 2 amide bonds. The van der Waals surface area contributed by atoms with Crippen LogP contribution in [0.25, 0.3) is 0 Å². The van der Waals surface area contributed by atoms with Crippen LogP contribution in [0.15, 0.2) is 18.2 Å². The zero-order valence-electron chi connectivity index (χ0n) is 11.9. The summed E-state index contributed by atoms with van der Waals surface area (Å²) in [6.07, 6.45) is 0. The summed E-state index contributed by atoms with van der Waals surface area (Å²) < 4.78 is 0. The van der Waals surface area contributed by atoms with E-state index in [9.17, 15) is 9.59 Å². The molecule has 0 saturated carbocycles. The van der Waals surface area contributed by atoms with E-state index in [1.165, 1.54) is 0 Å². The summed E-state index contributed by atoms with van der Waals surface area (Å²) in [6, 6.07) is 5.44. The number of rotatable bonds is 6. The number of nitrogens with one attached hydrogen (secondary N) is 1. The second kappa shape index (κ2) is 7.26. The van der Waals surface area contributed by atoms with Crippen LogP contribution in [0.3, 0.4) is 0 Å². The molecule has 1 aromatic rings. The van der Waals surface area contributed by atoms with Crippen LogP contribution in [-0.2, 0) is 9.59 Å². The van der Waals surface area contributed by atoms with Crippen LogP contribution in [-0.4, -0.2) is 35.8 Å². The highest BCUT2D eigenvalue weighted by Crippen LogP contribution is 2.22. The number of nitrogens with zero attached hydrogens (tertiary/aromatic N) is 1. The predicted molar refractivity (Wildman–Crippen MR) is 80.7 cm³/mol. The molecule has 0 heterocycles. The maximum atomic E-state index is 12.0. The first-order valence-corrected chi connectivity index (χ1v) is 6.75. The van der Waals surface area contributed by atoms with E-state index < -0.39 is 5.91 Å². The molecule has 20 heavy (non-hydrogen) atoms. The van der Waals surface area contributed by atoms with E-state index in [2.05, 4.69) is 5.32 Å². The molecule has 0 aromatic heterocycles. The molecule has 110 valence electrons. The Morgan fingerprint density at radius 1 is 1.35 bits per heavy atom. The van der Waals surface area contributed by atoms with Gasteiger partial charge in [0.15, 0.2) is 0 Å². The van der Waals surface area contributed by atoms with Gasteiger partial charge in [-0.15, -0.1) is 0 Å². The van der Waals surface area contributed by atoms with Gasteiger partial charge in [0.2, 0.25) is 11.8 Å². The Labute approximate surface area is 124 Å². The molecule has 1 rings (SSSR count). The lowest BCUT2D eigenvalue weighted by molar-refractivity contribution is -0.121. The summed E-state index contributed by atoms with van der Waals surface area (Å²) in [7, 11) is 0. The first-order chi connectivity index (χ1) is 9.29. The Balaban J connectivity index is 2.68. The fraction of sp³-hybridized carbons (Fsp3) is 0.429. The van der Waals surface area contributed by atoms with Gasteiger partial charge < -0.3 is 11.1 Å². The quantitative estimate of drug-likeness (QED) is 0.840. The topological polar surface area (TPSA) is 75.4 Å². The number of carbonyl (C=O) groups excluding carboxylic acids is 2. The Morgan fingerprint density at radius 2 is 2.00 bits per heavy atom. The fourth-order valence-electron chi connectivity index (χ4n) is 1.72. The molecule has 0 aliphatic carbocycles. The number of primary amides is 1. The molecule has 3 N–H and O–H groups in total. The minimum Gasteiger partial charge on any atom is -0.369 e. The van der Waals surface area contributed by atoms with Crippen LogP contribution in [0.5, 0.6) is 0 Å². The van der Waals surface area contributed by atoms with Crippen molar-refractivity contribution in [2.45, 2.75) is 26.8 Å². The van der Waals surface area contributed by atoms with Crippen molar-refractivity contribution in [2.75, 3.05) is 18.4 Å². The Bertz CT molecular complexity index is 503. The highest BCUT2D eigenvalue weighted by atomic mass is 35.5. The van der Waals surface area contributed by atoms with Gasteiger partial charge in [0.25, 0.3) is 0 Å². The predicted octanol–water partition coefficient (Wildman–Crippen LogP) is 1.78. The number of anilines is 1. The molecule has 1 aromatic carbocycles. The molecule has 0 saturated heterocycles. The van der Waals surface area contributed by atoms with Crippen molar-refractivity contribution in [2.24, 2.45) is 5.73 Å². The summed E-state index contributed by atoms with van der Waals surface area (Å²) in [5, 5.41) is 3.22. The largest absolute Gasteiger partial charge is 0.369 e. The molecule has 6 heteroatoms. The van der Waals surface area contributed by atoms with E-state index in [1.54, 1.807) is 17.0 Å². The molecule has 0 fully saturated rings. The molecule has 0 aliphatic heterocycles. The molecule has 0 aliphatic rings. The minimum atomic E-state index is -0.458. The van der Waals surface area contributed by atoms with Crippen LogP contribution >= 0.6 is 11.6 Å². The van der Waals surface area contributed by atoms with E-state index in [4.69, 9.17) is 17.3 Å². The standard InChI is InChI=1S/C14H20ClN3O2/c1-9(2)18(7-13(16)19)8-14(20)17-12-5-4-10(3)6-11(12)15/h4-6,9H,7-8H2,1-3H3,(H2,16,19)(H,17,20). The number of carbonyl (C=O) groups is 2. The highest BCUT2D eigenvalue weighted by Gasteiger charge is 2.16. The normalized spacial score (nSPS) is 10.9. The third-order valence-electron chi connectivity index (χ3n) is 2.83. The summed E-state index contributed by atoms with van der Waals surface area (Å²) in [5.41, 5.74) is 6.75. The second-order valence-electron chi connectivity index (χ2n) is 5.00. The van der Waals surface area contributed by atoms with Gasteiger partial charge in [0, 0.05) is 6.04 Å². The van der Waals surface area contributed by atoms with Crippen molar-refractivity contribution in [3.8, 4) is 0 Å². The lowest BCUT2D eigenvalue weighted by Crippen LogP contribution is -2.43. The number of halogens is 1. The Morgan fingerprint density at radius 3 is 2.50 bits per heavy atom. The first kappa shape index (κ1) is 16.5. The third kappa shape index (κ3) is 5.19. The van der Waals surface area contributed by atoms with E-state index in [-0.39, 0.29) is 25.0 Å². The number of hydrogen-bond donors (Lipinski definition) is 2. The summed E-state index contributed by atoms with van der Waals surface area (Å²) in [5.74, 6) is -0.689. The maximum absolute atomic E-state index is 12.0. The molecule has 0 atom stereocenters. The van der Waals surface area contributed by atoms with E-state index >= 15 is 0 Å². The van der Waals surface area contributed by atoms with Gasteiger partial charge >= 0.3 is 0 Å². The average molecular weight is 298 g/mol. The van der Waals surface area contributed by atoms with Crippen molar-refractivity contribution < 1.29 is 9.59 Å². The SMILES string of the molecule is Cc1ccc(NC(=O)CN(CC(N)=O)C(C)C)c(Cl)c1. The monoisotopic (exact) mass is 297 g/mol. The molecular weight excluding hydrogens is 278 g/mol. The number of nitrogens with two attached hydrogens (primary N) is 1. The number of hydrogen-bond acceptors (Lipinski definition) is 3. The number of benzene rings is 1. The van der Waals surface area contributed by atoms with E-state index in [1.807, 2.05) is 26.8 Å². The molecule has 0 unspecified atom stereocenters. The van der Waals surface area contributed by atoms with Gasteiger partial charge in [-0.2, -0.15) is 0 Å². The Hall–Kier alpha value is -1.59. The first-order valence-electron chi connectivity index (χ1n) is 6.38. The van der Waals surface area contributed by atoms with Crippen LogP contribution in [0, 0.1) is 6.92 Å². The fourth-order valence-corrected chi connectivity index (χ4v) is 2.00. The lowest BCUT2D eigenvalue weighted by Gasteiger charge is -2.24. The zero-order valence-corrected chi connectivity index (χ0v) is 12.7. The van der Waals surface area contributed by atoms with Crippen molar-refractivity contribution in [1.82, 2.24) is 4.90 Å². The highest BCUT2D eigenvalue weighted by molar-refractivity contribution is 6.33. The van der Waals surface area contributed by atoms with Gasteiger partial charge in [0.1, 0.15) is 0 Å². The van der Waals surface area contributed by atoms with E-state index in [0.29, 0.717) is 10.7 Å². The van der Waals surface area contributed by atoms with Crippen molar-refractivity contribution in [3.63, 3.8) is 0 Å². The maximum Gasteiger partial charge on any atom is 0.238 e. The summed E-state index contributed by atoms with van der Waals surface area (Å²) in [6.45, 7) is 5.85. The van der Waals surface area contributed by atoms with Gasteiger partial charge in [-0.25, -0.2) is 0 Å². The van der Waals surface area contributed by atoms with Gasteiger partial charge in [-0.05, 0) is 38.5 Å². The van der Waals surface area contributed by atoms with Crippen LogP contribution in [0.1, 0.15) is 19.4 Å². The van der Waals surface area contributed by atoms with Gasteiger partial charge in [0.05, 0.1) is 23.8 Å². The van der Waals surface area contributed by atoms with Crippen LogP contribution in [0.2, 0.25) is 5.02 Å². The van der Waals surface area contributed by atoms with E-state index in [0.717, 1.165) is 5.56 Å².